The molecule has 2 aromatic heterocycles. The summed E-state index contributed by atoms with van der Waals surface area (Å²) in [7, 11) is 0. The average molecular weight is 278 g/mol. The van der Waals surface area contributed by atoms with Crippen molar-refractivity contribution in [2.75, 3.05) is 18.5 Å². The minimum atomic E-state index is 0.383. The molecule has 0 aliphatic carbocycles. The zero-order valence-electron chi connectivity index (χ0n) is 11.4. The second kappa shape index (κ2) is 6.47. The Kier molecular flexibility index (Phi) is 4.68. The van der Waals surface area contributed by atoms with Crippen molar-refractivity contribution >= 4 is 17.3 Å². The van der Waals surface area contributed by atoms with Gasteiger partial charge in [-0.2, -0.15) is 15.0 Å². The van der Waals surface area contributed by atoms with Crippen molar-refractivity contribution in [3.63, 3.8) is 0 Å². The largest absolute Gasteiger partial charge is 0.463 e. The van der Waals surface area contributed by atoms with Gasteiger partial charge in [0.25, 0.3) is 0 Å². The van der Waals surface area contributed by atoms with Crippen LogP contribution in [0.25, 0.3) is 11.4 Å². The number of nitrogens with one attached hydrogen (secondary N) is 1. The lowest BCUT2D eigenvalue weighted by Crippen LogP contribution is -2.08. The third kappa shape index (κ3) is 3.41. The monoisotopic (exact) mass is 278 g/mol. The highest BCUT2D eigenvalue weighted by Gasteiger charge is 2.11. The van der Waals surface area contributed by atoms with Crippen LogP contribution in [0.1, 0.15) is 25.1 Å². The van der Waals surface area contributed by atoms with Crippen LogP contribution in [0.5, 0.6) is 6.01 Å². The number of nitrogens with zero attached hydrogens (tertiary/aromatic N) is 3. The van der Waals surface area contributed by atoms with Crippen LogP contribution in [0.15, 0.2) is 11.4 Å². The van der Waals surface area contributed by atoms with Gasteiger partial charge in [-0.1, -0.05) is 6.92 Å². The summed E-state index contributed by atoms with van der Waals surface area (Å²) in [4.78, 5) is 14.2. The maximum absolute atomic E-state index is 5.52. The van der Waals surface area contributed by atoms with Crippen LogP contribution in [0.4, 0.5) is 5.95 Å². The van der Waals surface area contributed by atoms with Crippen LogP contribution < -0.4 is 10.1 Å². The Balaban J connectivity index is 2.36. The molecule has 1 N–H and O–H groups in total. The molecule has 0 saturated heterocycles. The summed E-state index contributed by atoms with van der Waals surface area (Å²) in [5.74, 6) is 1.22. The van der Waals surface area contributed by atoms with Gasteiger partial charge in [-0.25, -0.2) is 0 Å². The van der Waals surface area contributed by atoms with E-state index in [2.05, 4.69) is 34.1 Å². The molecule has 2 heterocycles. The zero-order chi connectivity index (χ0) is 13.7. The van der Waals surface area contributed by atoms with E-state index in [0.29, 0.717) is 24.4 Å². The molecule has 2 aromatic rings. The molecule has 0 spiro atoms. The first-order valence-corrected chi connectivity index (χ1v) is 7.29. The van der Waals surface area contributed by atoms with Gasteiger partial charge >= 0.3 is 6.01 Å². The van der Waals surface area contributed by atoms with Crippen molar-refractivity contribution in [3.8, 4) is 17.4 Å². The Morgan fingerprint density at radius 3 is 2.74 bits per heavy atom. The lowest BCUT2D eigenvalue weighted by molar-refractivity contribution is 0.292. The summed E-state index contributed by atoms with van der Waals surface area (Å²) in [6, 6.07) is 2.41. The number of thiophene rings is 1. The highest BCUT2D eigenvalue weighted by molar-refractivity contribution is 7.10. The second-order valence-electron chi connectivity index (χ2n) is 4.03. The standard InChI is InChI=1S/C13H18N4OS/c1-4-7-18-13-16-11(10-6-8-19-9(10)3)15-12(17-13)14-5-2/h6,8H,4-5,7H2,1-3H3,(H,14,15,16,17). The van der Waals surface area contributed by atoms with Crippen LogP contribution in [-0.2, 0) is 0 Å². The highest BCUT2D eigenvalue weighted by atomic mass is 32.1. The molecule has 0 aliphatic heterocycles. The first kappa shape index (κ1) is 13.7. The normalized spacial score (nSPS) is 10.5. The van der Waals surface area contributed by atoms with Crippen molar-refractivity contribution < 1.29 is 4.74 Å². The summed E-state index contributed by atoms with van der Waals surface area (Å²) >= 11 is 1.68. The molecule has 5 nitrogen and oxygen atoms in total. The van der Waals surface area contributed by atoms with Crippen LogP contribution >= 0.6 is 11.3 Å². The van der Waals surface area contributed by atoms with E-state index >= 15 is 0 Å². The molecule has 6 heteroatoms. The Bertz CT molecular complexity index is 541. The maximum atomic E-state index is 5.52. The van der Waals surface area contributed by atoms with Gasteiger partial charge in [0, 0.05) is 17.0 Å². The topological polar surface area (TPSA) is 59.9 Å². The van der Waals surface area contributed by atoms with E-state index in [-0.39, 0.29) is 0 Å². The van der Waals surface area contributed by atoms with Crippen molar-refractivity contribution in [1.82, 2.24) is 15.0 Å². The molecule has 0 bridgehead atoms. The Morgan fingerprint density at radius 2 is 2.11 bits per heavy atom. The molecule has 0 aromatic carbocycles. The van der Waals surface area contributed by atoms with Crippen LogP contribution in [-0.4, -0.2) is 28.1 Å². The molecule has 0 fully saturated rings. The van der Waals surface area contributed by atoms with Gasteiger partial charge in [-0.05, 0) is 31.7 Å². The van der Waals surface area contributed by atoms with E-state index in [1.165, 1.54) is 4.88 Å². The fourth-order valence-corrected chi connectivity index (χ4v) is 2.28. The molecular formula is C13H18N4OS. The van der Waals surface area contributed by atoms with Crippen LogP contribution in [0, 0.1) is 6.92 Å². The lowest BCUT2D eigenvalue weighted by atomic mass is 10.2. The minimum Gasteiger partial charge on any atom is -0.463 e. The summed E-state index contributed by atoms with van der Waals surface area (Å²) in [6.45, 7) is 7.49. The van der Waals surface area contributed by atoms with Crippen molar-refractivity contribution in [2.24, 2.45) is 0 Å². The molecule has 0 amide bonds. The molecule has 0 unspecified atom stereocenters. The Hall–Kier alpha value is -1.69. The maximum Gasteiger partial charge on any atom is 0.321 e. The Labute approximate surface area is 117 Å². The first-order chi connectivity index (χ1) is 9.24. The van der Waals surface area contributed by atoms with Crippen molar-refractivity contribution in [1.29, 1.82) is 0 Å². The average Bonchev–Trinajstić information content (AvgIpc) is 2.83. The third-order valence-electron chi connectivity index (χ3n) is 2.48. The minimum absolute atomic E-state index is 0.383. The van der Waals surface area contributed by atoms with Crippen LogP contribution in [0.2, 0.25) is 0 Å². The summed E-state index contributed by atoms with van der Waals surface area (Å²) < 4.78 is 5.52. The van der Waals surface area contributed by atoms with Gasteiger partial charge in [0.1, 0.15) is 0 Å². The van der Waals surface area contributed by atoms with E-state index in [9.17, 15) is 0 Å². The van der Waals surface area contributed by atoms with E-state index in [1.807, 2.05) is 18.4 Å². The summed E-state index contributed by atoms with van der Waals surface area (Å²) in [6.07, 6.45) is 0.926. The number of ether oxygens (including phenoxy) is 1. The smallest absolute Gasteiger partial charge is 0.321 e. The van der Waals surface area contributed by atoms with E-state index in [4.69, 9.17) is 4.74 Å². The summed E-state index contributed by atoms with van der Waals surface area (Å²) in [5.41, 5.74) is 1.04. The van der Waals surface area contributed by atoms with Gasteiger partial charge < -0.3 is 10.1 Å². The summed E-state index contributed by atoms with van der Waals surface area (Å²) in [5, 5.41) is 5.14. The van der Waals surface area contributed by atoms with Gasteiger partial charge in [0.05, 0.1) is 6.61 Å². The van der Waals surface area contributed by atoms with Crippen molar-refractivity contribution in [3.05, 3.63) is 16.3 Å². The number of aromatic nitrogens is 3. The highest BCUT2D eigenvalue weighted by Crippen LogP contribution is 2.26. The van der Waals surface area contributed by atoms with Crippen molar-refractivity contribution in [2.45, 2.75) is 27.2 Å². The molecular weight excluding hydrogens is 260 g/mol. The van der Waals surface area contributed by atoms with E-state index in [0.717, 1.165) is 18.5 Å². The predicted molar refractivity (Wildman–Crippen MR) is 77.8 cm³/mol. The van der Waals surface area contributed by atoms with E-state index in [1.54, 1.807) is 11.3 Å². The number of aryl methyl sites for hydroxylation is 1. The fourth-order valence-electron chi connectivity index (χ4n) is 1.59. The second-order valence-corrected chi connectivity index (χ2v) is 5.15. The first-order valence-electron chi connectivity index (χ1n) is 6.41. The molecule has 102 valence electrons. The lowest BCUT2D eigenvalue weighted by Gasteiger charge is -2.08. The quantitative estimate of drug-likeness (QED) is 0.879. The molecule has 19 heavy (non-hydrogen) atoms. The number of anilines is 1. The molecule has 0 aliphatic rings. The fraction of sp³-hybridized carbons (Fsp3) is 0.462. The van der Waals surface area contributed by atoms with Gasteiger partial charge in [0.2, 0.25) is 5.95 Å². The third-order valence-corrected chi connectivity index (χ3v) is 3.33. The molecule has 0 radical (unpaired) electrons. The molecule has 2 rings (SSSR count). The number of hydrogen-bond donors (Lipinski definition) is 1. The van der Waals surface area contributed by atoms with Gasteiger partial charge in [-0.3, -0.25) is 0 Å². The van der Waals surface area contributed by atoms with Gasteiger partial charge in [0.15, 0.2) is 5.82 Å². The number of hydrogen-bond acceptors (Lipinski definition) is 6. The Morgan fingerprint density at radius 1 is 1.26 bits per heavy atom. The van der Waals surface area contributed by atoms with E-state index < -0.39 is 0 Å². The van der Waals surface area contributed by atoms with Crippen LogP contribution in [0.3, 0.4) is 0 Å². The zero-order valence-corrected chi connectivity index (χ0v) is 12.3. The van der Waals surface area contributed by atoms with Gasteiger partial charge in [-0.15, -0.1) is 11.3 Å². The SMILES string of the molecule is CCCOc1nc(NCC)nc(-c2ccsc2C)n1. The number of rotatable bonds is 6. The molecule has 0 atom stereocenters. The predicted octanol–water partition coefficient (Wildman–Crippen LogP) is 3.13. The molecule has 0 saturated carbocycles.